The number of amides is 1. The van der Waals surface area contributed by atoms with Crippen LogP contribution >= 0.6 is 23.1 Å². The number of carbonyl (C=O) groups is 1. The molecule has 0 spiro atoms. The number of likely N-dealkylation sites (tertiary alicyclic amines) is 1. The lowest BCUT2D eigenvalue weighted by Gasteiger charge is -2.30. The van der Waals surface area contributed by atoms with Gasteiger partial charge in [0.2, 0.25) is 5.91 Å². The Balaban J connectivity index is 1.53. The van der Waals surface area contributed by atoms with Crippen molar-refractivity contribution in [3.8, 4) is 0 Å². The highest BCUT2D eigenvalue weighted by molar-refractivity contribution is 8.00. The molecule has 0 bridgehead atoms. The molecule has 0 saturated carbocycles. The minimum absolute atomic E-state index is 0.184. The van der Waals surface area contributed by atoms with Crippen LogP contribution in [-0.4, -0.2) is 38.7 Å². The maximum absolute atomic E-state index is 13.3. The summed E-state index contributed by atoms with van der Waals surface area (Å²) >= 11 is 3.28. The third kappa shape index (κ3) is 4.64. The van der Waals surface area contributed by atoms with Crippen LogP contribution in [0.25, 0.3) is 0 Å². The number of aromatic nitrogens is 3. The van der Waals surface area contributed by atoms with E-state index in [9.17, 15) is 4.79 Å². The van der Waals surface area contributed by atoms with Gasteiger partial charge in [-0.2, -0.15) is 0 Å². The van der Waals surface area contributed by atoms with E-state index in [1.54, 1.807) is 17.7 Å². The van der Waals surface area contributed by atoms with Crippen LogP contribution in [0.2, 0.25) is 0 Å². The zero-order chi connectivity index (χ0) is 19.2. The van der Waals surface area contributed by atoms with Gasteiger partial charge in [-0.1, -0.05) is 48.2 Å². The molecule has 4 rings (SSSR count). The monoisotopic (exact) mass is 412 g/mol. The van der Waals surface area contributed by atoms with E-state index in [4.69, 9.17) is 0 Å². The van der Waals surface area contributed by atoms with E-state index in [-0.39, 0.29) is 11.2 Å². The summed E-state index contributed by atoms with van der Waals surface area (Å²) in [7, 11) is 0. The smallest absolute Gasteiger partial charge is 0.240 e. The number of nitrogens with zero attached hydrogens (tertiary/aromatic N) is 4. The van der Waals surface area contributed by atoms with Crippen LogP contribution in [-0.2, 0) is 17.8 Å². The van der Waals surface area contributed by atoms with Gasteiger partial charge in [-0.05, 0) is 42.7 Å². The lowest BCUT2D eigenvalue weighted by molar-refractivity contribution is -0.131. The molecular weight excluding hydrogens is 388 g/mol. The summed E-state index contributed by atoms with van der Waals surface area (Å²) in [5, 5.41) is 11.0. The van der Waals surface area contributed by atoms with Crippen molar-refractivity contribution in [3.63, 3.8) is 0 Å². The first-order valence-electron chi connectivity index (χ1n) is 9.72. The first-order chi connectivity index (χ1) is 13.8. The standard InChI is InChI=1S/C21H24N4OS2/c26-20(24-12-5-2-6-13-24)19(17-8-3-1-4-9-17)28-21-23-22-16-25(21)14-11-18-10-7-15-27-18/h1,3-4,7-10,15-16,19H,2,5-6,11-14H2. The molecule has 1 unspecified atom stereocenters. The van der Waals surface area contributed by atoms with Gasteiger partial charge in [-0.25, -0.2) is 0 Å². The molecule has 0 aliphatic carbocycles. The second-order valence-corrected chi connectivity index (χ2v) is 9.04. The summed E-state index contributed by atoms with van der Waals surface area (Å²) in [6.07, 6.45) is 6.11. The second-order valence-electron chi connectivity index (χ2n) is 6.93. The summed E-state index contributed by atoms with van der Waals surface area (Å²) in [5.74, 6) is 0.184. The summed E-state index contributed by atoms with van der Waals surface area (Å²) in [6, 6.07) is 14.3. The van der Waals surface area contributed by atoms with Crippen molar-refractivity contribution in [1.82, 2.24) is 19.7 Å². The van der Waals surface area contributed by atoms with Crippen molar-refractivity contribution in [2.45, 2.75) is 42.6 Å². The molecule has 5 nitrogen and oxygen atoms in total. The van der Waals surface area contributed by atoms with E-state index < -0.39 is 0 Å². The van der Waals surface area contributed by atoms with Crippen LogP contribution in [0.15, 0.2) is 59.3 Å². The molecule has 3 aromatic rings. The molecular formula is C21H24N4OS2. The second kappa shape index (κ2) is 9.39. The molecule has 146 valence electrons. The van der Waals surface area contributed by atoms with Crippen molar-refractivity contribution in [2.75, 3.05) is 13.1 Å². The molecule has 1 aliphatic heterocycles. The van der Waals surface area contributed by atoms with E-state index in [2.05, 4.69) is 32.3 Å². The molecule has 1 fully saturated rings. The first kappa shape index (κ1) is 19.2. The van der Waals surface area contributed by atoms with Gasteiger partial charge in [-0.15, -0.1) is 21.5 Å². The van der Waals surface area contributed by atoms with Crippen LogP contribution in [0.4, 0.5) is 0 Å². The van der Waals surface area contributed by atoms with Crippen molar-refractivity contribution in [1.29, 1.82) is 0 Å². The normalized spacial score (nSPS) is 15.5. The van der Waals surface area contributed by atoms with E-state index in [1.807, 2.05) is 35.2 Å². The molecule has 2 aromatic heterocycles. The molecule has 1 atom stereocenters. The van der Waals surface area contributed by atoms with Gasteiger partial charge in [0.15, 0.2) is 5.16 Å². The van der Waals surface area contributed by atoms with Crippen LogP contribution in [0.3, 0.4) is 0 Å². The number of hydrogen-bond donors (Lipinski definition) is 0. The number of piperidine rings is 1. The predicted molar refractivity (Wildman–Crippen MR) is 114 cm³/mol. The Morgan fingerprint density at radius 1 is 1.11 bits per heavy atom. The number of rotatable bonds is 7. The Bertz CT molecular complexity index is 873. The van der Waals surface area contributed by atoms with E-state index in [0.29, 0.717) is 0 Å². The Morgan fingerprint density at radius 3 is 2.68 bits per heavy atom. The summed E-state index contributed by atoms with van der Waals surface area (Å²) in [5.41, 5.74) is 1.02. The number of carbonyl (C=O) groups excluding carboxylic acids is 1. The van der Waals surface area contributed by atoms with Gasteiger partial charge in [-0.3, -0.25) is 4.79 Å². The third-order valence-corrected chi connectivity index (χ3v) is 7.15. The number of thioether (sulfide) groups is 1. The SMILES string of the molecule is O=C(C(Sc1nncn1CCc1cccs1)c1ccccc1)N1CCCCC1. The fourth-order valence-electron chi connectivity index (χ4n) is 3.45. The topological polar surface area (TPSA) is 51.0 Å². The summed E-state index contributed by atoms with van der Waals surface area (Å²) in [4.78, 5) is 16.7. The van der Waals surface area contributed by atoms with Crippen LogP contribution in [0.1, 0.15) is 35.0 Å². The lowest BCUT2D eigenvalue weighted by Crippen LogP contribution is -2.38. The first-order valence-corrected chi connectivity index (χ1v) is 11.5. The van der Waals surface area contributed by atoms with Crippen LogP contribution < -0.4 is 0 Å². The van der Waals surface area contributed by atoms with Gasteiger partial charge in [0, 0.05) is 24.5 Å². The molecule has 3 heterocycles. The van der Waals surface area contributed by atoms with Gasteiger partial charge in [0.25, 0.3) is 0 Å². The Hall–Kier alpha value is -2.12. The van der Waals surface area contributed by atoms with Gasteiger partial charge < -0.3 is 9.47 Å². The molecule has 1 amide bonds. The minimum atomic E-state index is -0.288. The summed E-state index contributed by atoms with van der Waals surface area (Å²) < 4.78 is 2.06. The molecule has 1 aliphatic rings. The minimum Gasteiger partial charge on any atom is -0.341 e. The molecule has 0 radical (unpaired) electrons. The highest BCUT2D eigenvalue weighted by atomic mass is 32.2. The highest BCUT2D eigenvalue weighted by Gasteiger charge is 2.29. The zero-order valence-corrected chi connectivity index (χ0v) is 17.4. The van der Waals surface area contributed by atoms with Crippen LogP contribution in [0, 0.1) is 0 Å². The average molecular weight is 413 g/mol. The third-order valence-electron chi connectivity index (χ3n) is 4.98. The van der Waals surface area contributed by atoms with Crippen molar-refractivity contribution < 1.29 is 4.79 Å². The van der Waals surface area contributed by atoms with Crippen molar-refractivity contribution >= 4 is 29.0 Å². The van der Waals surface area contributed by atoms with Crippen molar-refractivity contribution in [3.05, 3.63) is 64.6 Å². The van der Waals surface area contributed by atoms with Crippen molar-refractivity contribution in [2.24, 2.45) is 0 Å². The zero-order valence-electron chi connectivity index (χ0n) is 15.7. The number of thiophene rings is 1. The number of benzene rings is 1. The molecule has 1 aromatic carbocycles. The maximum atomic E-state index is 13.3. The number of aryl methyl sites for hydroxylation is 2. The molecule has 1 saturated heterocycles. The molecule has 0 N–H and O–H groups in total. The van der Waals surface area contributed by atoms with Crippen LogP contribution in [0.5, 0.6) is 0 Å². The van der Waals surface area contributed by atoms with Gasteiger partial charge >= 0.3 is 0 Å². The maximum Gasteiger partial charge on any atom is 0.240 e. The summed E-state index contributed by atoms with van der Waals surface area (Å²) in [6.45, 7) is 2.52. The van der Waals surface area contributed by atoms with Gasteiger partial charge in [0.1, 0.15) is 11.6 Å². The predicted octanol–water partition coefficient (Wildman–Crippen LogP) is 4.43. The largest absolute Gasteiger partial charge is 0.341 e. The Labute approximate surface area is 173 Å². The fourth-order valence-corrected chi connectivity index (χ4v) is 5.27. The highest BCUT2D eigenvalue weighted by Crippen LogP contribution is 2.36. The average Bonchev–Trinajstić information content (AvgIpc) is 3.43. The lowest BCUT2D eigenvalue weighted by atomic mass is 10.1. The quantitative estimate of drug-likeness (QED) is 0.539. The van der Waals surface area contributed by atoms with E-state index in [0.717, 1.165) is 49.6 Å². The Kier molecular flexibility index (Phi) is 6.44. The van der Waals surface area contributed by atoms with E-state index >= 15 is 0 Å². The number of hydrogen-bond acceptors (Lipinski definition) is 5. The fraction of sp³-hybridized carbons (Fsp3) is 0.381. The Morgan fingerprint density at radius 2 is 1.93 bits per heavy atom. The molecule has 28 heavy (non-hydrogen) atoms. The van der Waals surface area contributed by atoms with E-state index in [1.165, 1.54) is 23.1 Å². The molecule has 7 heteroatoms. The van der Waals surface area contributed by atoms with Gasteiger partial charge in [0.05, 0.1) is 0 Å².